The van der Waals surface area contributed by atoms with Crippen molar-refractivity contribution < 1.29 is 0 Å². The van der Waals surface area contributed by atoms with E-state index in [2.05, 4.69) is 20.8 Å². The molecule has 0 spiro atoms. The van der Waals surface area contributed by atoms with Crippen LogP contribution in [-0.2, 0) is 0 Å². The van der Waals surface area contributed by atoms with Crippen LogP contribution in [0.15, 0.2) is 70.8 Å². The second kappa shape index (κ2) is 9.22. The van der Waals surface area contributed by atoms with Crippen molar-refractivity contribution in [3.05, 3.63) is 81.9 Å². The fourth-order valence-electron chi connectivity index (χ4n) is 2.29. The number of hydrazone groups is 1. The zero-order valence-electron chi connectivity index (χ0n) is 14.0. The van der Waals surface area contributed by atoms with E-state index in [4.69, 9.17) is 23.2 Å². The molecule has 26 heavy (non-hydrogen) atoms. The van der Waals surface area contributed by atoms with Gasteiger partial charge in [-0.1, -0.05) is 71.8 Å². The van der Waals surface area contributed by atoms with Crippen molar-refractivity contribution in [2.75, 3.05) is 13.1 Å². The smallest absolute Gasteiger partial charge is 0.212 e. The van der Waals surface area contributed by atoms with E-state index in [1.54, 1.807) is 0 Å². The first-order valence-electron chi connectivity index (χ1n) is 8.19. The van der Waals surface area contributed by atoms with Crippen molar-refractivity contribution >= 4 is 47.0 Å². The minimum atomic E-state index is 0.666. The Labute approximate surface area is 162 Å². The van der Waals surface area contributed by atoms with Crippen molar-refractivity contribution in [3.63, 3.8) is 0 Å². The number of nitrogens with one attached hydrogen (secondary N) is 2. The van der Waals surface area contributed by atoms with Crippen molar-refractivity contribution in [3.8, 4) is 0 Å². The average molecular weight is 385 g/mol. The van der Waals surface area contributed by atoms with Gasteiger partial charge in [0.25, 0.3) is 0 Å². The maximum absolute atomic E-state index is 6.21. The largest absolute Gasteiger partial charge is 0.353 e. The molecule has 2 aromatic carbocycles. The van der Waals surface area contributed by atoms with Crippen LogP contribution in [0.1, 0.15) is 11.1 Å². The normalized spacial score (nSPS) is 13.7. The number of rotatable bonds is 5. The summed E-state index contributed by atoms with van der Waals surface area (Å²) in [7, 11) is 0. The summed E-state index contributed by atoms with van der Waals surface area (Å²) < 4.78 is 0. The molecular formula is C20H18Cl2N4. The Morgan fingerprint density at radius 1 is 0.962 bits per heavy atom. The second-order valence-corrected chi connectivity index (χ2v) is 6.33. The maximum atomic E-state index is 6.21. The number of aliphatic imine (C=N–C) groups is 1. The Morgan fingerprint density at radius 2 is 1.54 bits per heavy atom. The van der Waals surface area contributed by atoms with Crippen LogP contribution in [0.5, 0.6) is 0 Å². The zero-order valence-corrected chi connectivity index (χ0v) is 15.5. The molecule has 1 aliphatic rings. The van der Waals surface area contributed by atoms with Gasteiger partial charge in [0, 0.05) is 16.6 Å². The Balaban J connectivity index is 1.82. The van der Waals surface area contributed by atoms with Gasteiger partial charge in [0.1, 0.15) is 0 Å². The number of allylic oxidation sites excluding steroid dienone is 2. The highest BCUT2D eigenvalue weighted by Gasteiger charge is 2.03. The van der Waals surface area contributed by atoms with Crippen LogP contribution in [-0.4, -0.2) is 24.8 Å². The van der Waals surface area contributed by atoms with Crippen LogP contribution in [0.3, 0.4) is 0 Å². The van der Waals surface area contributed by atoms with Crippen LogP contribution >= 0.6 is 23.2 Å². The van der Waals surface area contributed by atoms with Crippen LogP contribution < -0.4 is 10.7 Å². The van der Waals surface area contributed by atoms with Gasteiger partial charge < -0.3 is 5.32 Å². The molecule has 1 heterocycles. The lowest BCUT2D eigenvalue weighted by Crippen LogP contribution is -2.30. The summed E-state index contributed by atoms with van der Waals surface area (Å²) in [6, 6.07) is 15.3. The number of hydrogen-bond donors (Lipinski definition) is 2. The monoisotopic (exact) mass is 384 g/mol. The van der Waals surface area contributed by atoms with Gasteiger partial charge in [0.15, 0.2) is 0 Å². The second-order valence-electron chi connectivity index (χ2n) is 5.52. The molecule has 0 amide bonds. The van der Waals surface area contributed by atoms with Crippen molar-refractivity contribution in [2.45, 2.75) is 0 Å². The van der Waals surface area contributed by atoms with E-state index in [0.29, 0.717) is 21.7 Å². The van der Waals surface area contributed by atoms with Gasteiger partial charge >= 0.3 is 0 Å². The zero-order chi connectivity index (χ0) is 18.2. The average Bonchev–Trinajstić information content (AvgIpc) is 3.17. The Morgan fingerprint density at radius 3 is 2.04 bits per heavy atom. The third-order valence-corrected chi connectivity index (χ3v) is 4.33. The Kier molecular flexibility index (Phi) is 6.47. The summed E-state index contributed by atoms with van der Waals surface area (Å²) in [5, 5.41) is 8.90. The number of benzene rings is 2. The van der Waals surface area contributed by atoms with Crippen LogP contribution in [0.2, 0.25) is 10.0 Å². The number of hydrogen-bond acceptors (Lipinski definition) is 4. The molecule has 0 aliphatic carbocycles. The minimum absolute atomic E-state index is 0.666. The quantitative estimate of drug-likeness (QED) is 0.583. The number of guanidine groups is 1. The lowest BCUT2D eigenvalue weighted by Gasteiger charge is -2.02. The summed E-state index contributed by atoms with van der Waals surface area (Å²) in [5.41, 5.74) is 5.49. The molecule has 2 aromatic rings. The van der Waals surface area contributed by atoms with Gasteiger partial charge in [-0.3, -0.25) is 0 Å². The van der Waals surface area contributed by atoms with Crippen LogP contribution in [0.25, 0.3) is 12.2 Å². The minimum Gasteiger partial charge on any atom is -0.353 e. The molecular weight excluding hydrogens is 367 g/mol. The van der Waals surface area contributed by atoms with Gasteiger partial charge in [0.05, 0.1) is 12.3 Å². The summed E-state index contributed by atoms with van der Waals surface area (Å²) in [6.45, 7) is 1.57. The first-order chi connectivity index (χ1) is 12.7. The molecule has 0 saturated carbocycles. The summed E-state index contributed by atoms with van der Waals surface area (Å²) in [5.74, 6) is 0.666. The highest BCUT2D eigenvalue weighted by Crippen LogP contribution is 2.18. The topological polar surface area (TPSA) is 48.8 Å². The third kappa shape index (κ3) is 5.22. The van der Waals surface area contributed by atoms with E-state index in [-0.39, 0.29) is 0 Å². The predicted octanol–water partition coefficient (Wildman–Crippen LogP) is 4.62. The van der Waals surface area contributed by atoms with Crippen molar-refractivity contribution in [2.24, 2.45) is 10.1 Å². The first kappa shape index (κ1) is 18.2. The van der Waals surface area contributed by atoms with E-state index in [0.717, 1.165) is 24.2 Å². The van der Waals surface area contributed by atoms with Gasteiger partial charge in [0.2, 0.25) is 5.96 Å². The molecule has 0 atom stereocenters. The Hall–Kier alpha value is -2.56. The van der Waals surface area contributed by atoms with Crippen LogP contribution in [0.4, 0.5) is 0 Å². The SMILES string of the molecule is Clc1ccccc1/C=C/C(/C=C/c1ccccc1Cl)=NNC1=NCCN1. The van der Waals surface area contributed by atoms with E-state index in [1.807, 2.05) is 72.8 Å². The first-order valence-corrected chi connectivity index (χ1v) is 8.95. The molecule has 6 heteroatoms. The molecule has 0 saturated heterocycles. The van der Waals surface area contributed by atoms with Gasteiger partial charge in [-0.25, -0.2) is 10.4 Å². The molecule has 0 radical (unpaired) electrons. The standard InChI is InChI=1S/C20H18Cl2N4/c21-18-7-3-1-5-15(18)9-11-17(25-26-20-23-13-14-24-20)12-10-16-6-2-4-8-19(16)22/h1-12H,13-14H2,(H2,23,24,26)/b11-9+,12-10+. The number of nitrogens with zero attached hydrogens (tertiary/aromatic N) is 2. The van der Waals surface area contributed by atoms with Gasteiger partial charge in [-0.2, -0.15) is 5.10 Å². The summed E-state index contributed by atoms with van der Waals surface area (Å²) in [6.07, 6.45) is 7.61. The maximum Gasteiger partial charge on any atom is 0.212 e. The molecule has 4 nitrogen and oxygen atoms in total. The summed E-state index contributed by atoms with van der Waals surface area (Å²) >= 11 is 12.4. The molecule has 1 aliphatic heterocycles. The van der Waals surface area contributed by atoms with E-state index in [1.165, 1.54) is 0 Å². The van der Waals surface area contributed by atoms with E-state index in [9.17, 15) is 0 Å². The van der Waals surface area contributed by atoms with E-state index >= 15 is 0 Å². The molecule has 0 unspecified atom stereocenters. The Bertz CT molecular complexity index is 827. The third-order valence-electron chi connectivity index (χ3n) is 3.64. The lowest BCUT2D eigenvalue weighted by molar-refractivity contribution is 0.918. The molecule has 0 fully saturated rings. The van der Waals surface area contributed by atoms with Gasteiger partial charge in [-0.05, 0) is 35.4 Å². The highest BCUT2D eigenvalue weighted by atomic mass is 35.5. The predicted molar refractivity (Wildman–Crippen MR) is 112 cm³/mol. The lowest BCUT2D eigenvalue weighted by atomic mass is 10.1. The summed E-state index contributed by atoms with van der Waals surface area (Å²) in [4.78, 5) is 4.27. The van der Waals surface area contributed by atoms with Crippen LogP contribution in [0, 0.1) is 0 Å². The fraction of sp³-hybridized carbons (Fsp3) is 0.100. The van der Waals surface area contributed by atoms with E-state index < -0.39 is 0 Å². The molecule has 2 N–H and O–H groups in total. The fourth-order valence-corrected chi connectivity index (χ4v) is 2.69. The van der Waals surface area contributed by atoms with Gasteiger partial charge in [-0.15, -0.1) is 0 Å². The number of halogens is 2. The van der Waals surface area contributed by atoms with Crippen molar-refractivity contribution in [1.29, 1.82) is 0 Å². The molecule has 0 aromatic heterocycles. The highest BCUT2D eigenvalue weighted by molar-refractivity contribution is 6.32. The van der Waals surface area contributed by atoms with Crippen molar-refractivity contribution in [1.82, 2.24) is 10.7 Å². The molecule has 132 valence electrons. The molecule has 3 rings (SSSR count). The molecule has 0 bridgehead atoms.